The molecular weight excluding hydrogens is 1280 g/mol. The van der Waals surface area contributed by atoms with Crippen LogP contribution in [-0.4, -0.2) is 96.7 Å². The highest BCUT2D eigenvalue weighted by Gasteiger charge is 2.30. The van der Waals surface area contributed by atoms with Crippen molar-refractivity contribution in [3.8, 4) is 0 Å². The van der Waals surface area contributed by atoms with E-state index in [4.69, 9.17) is 37.0 Å². The van der Waals surface area contributed by atoms with Crippen LogP contribution < -0.4 is 0 Å². The lowest BCUT2D eigenvalue weighted by atomic mass is 10.0. The number of aliphatic hydroxyl groups excluding tert-OH is 1. The van der Waals surface area contributed by atoms with E-state index in [1.54, 1.807) is 0 Å². The first kappa shape index (κ1) is 96.1. The molecule has 0 spiro atoms. The number of rotatable bonds is 77. The van der Waals surface area contributed by atoms with E-state index in [0.29, 0.717) is 25.7 Å². The average Bonchev–Trinajstić information content (AvgIpc) is 1.03. The smallest absolute Gasteiger partial charge is 0.462 e. The SMILES string of the molecule is CCCCCCCCCCCCCCCC(=O)OC[C@H](COP(=O)(O)OC[C@H](O)COP(=O)(O)OC[C@@H](COC(=O)CCCCCCCCCCCCCCC(C)C)OC(=O)CCCCCCCCCCCCCCCC(C)C)OC(=O)CCCCCCCCCCCCCC(C)C. The van der Waals surface area contributed by atoms with Gasteiger partial charge in [0.1, 0.15) is 19.3 Å². The quantitative estimate of drug-likeness (QED) is 0.0222. The molecule has 0 heterocycles. The Morgan fingerprint density at radius 3 is 0.694 bits per heavy atom. The summed E-state index contributed by atoms with van der Waals surface area (Å²) in [6, 6.07) is 0. The standard InChI is InChI=1S/C79H154O17P2/c1-8-9-10-11-12-13-14-16-25-32-39-46-53-60-76(81)89-67-75(96-79(84)63-56-49-42-35-28-21-24-31-38-45-52-59-72(6)7)69-94-98(87,88)92-65-73(80)64-91-97(85,86)93-68-74(66-90-77(82)61-54-47-40-33-26-20-19-23-30-37-44-51-58-71(4)5)95-78(83)62-55-48-41-34-27-18-15-17-22-29-36-43-50-57-70(2)3/h70-75,80H,8-69H2,1-7H3,(H,85,86)(H,87,88)/t73-,74-,75-/m1/s1. The third-order valence-corrected chi connectivity index (χ3v) is 20.3. The number of carbonyl (C=O) groups excluding carboxylic acids is 4. The fourth-order valence-corrected chi connectivity index (χ4v) is 13.7. The molecule has 0 aliphatic rings. The summed E-state index contributed by atoms with van der Waals surface area (Å²) in [7, 11) is -9.92. The van der Waals surface area contributed by atoms with Crippen LogP contribution in [0.25, 0.3) is 0 Å². The zero-order chi connectivity index (χ0) is 72.3. The van der Waals surface area contributed by atoms with Crippen molar-refractivity contribution in [3.05, 3.63) is 0 Å². The van der Waals surface area contributed by atoms with Crippen molar-refractivity contribution in [2.24, 2.45) is 17.8 Å². The van der Waals surface area contributed by atoms with E-state index in [0.717, 1.165) is 108 Å². The minimum absolute atomic E-state index is 0.107. The van der Waals surface area contributed by atoms with Gasteiger partial charge in [0.15, 0.2) is 12.2 Å². The number of aliphatic hydroxyl groups is 1. The van der Waals surface area contributed by atoms with Gasteiger partial charge in [-0.15, -0.1) is 0 Å². The molecule has 0 fully saturated rings. The van der Waals surface area contributed by atoms with Gasteiger partial charge in [-0.25, -0.2) is 9.13 Å². The summed E-state index contributed by atoms with van der Waals surface area (Å²) >= 11 is 0. The number of esters is 4. The maximum atomic E-state index is 13.1. The number of hydrogen-bond acceptors (Lipinski definition) is 15. The van der Waals surface area contributed by atoms with Crippen molar-refractivity contribution in [2.75, 3.05) is 39.6 Å². The first-order chi connectivity index (χ1) is 47.2. The minimum Gasteiger partial charge on any atom is -0.462 e. The lowest BCUT2D eigenvalue weighted by Crippen LogP contribution is -2.30. The zero-order valence-corrected chi connectivity index (χ0v) is 66.0. The average molecular weight is 1440 g/mol. The topological polar surface area (TPSA) is 237 Å². The van der Waals surface area contributed by atoms with Gasteiger partial charge in [-0.3, -0.25) is 37.3 Å². The van der Waals surface area contributed by atoms with Gasteiger partial charge in [0.25, 0.3) is 0 Å². The molecule has 0 aromatic carbocycles. The van der Waals surface area contributed by atoms with E-state index in [2.05, 4.69) is 48.5 Å². The molecule has 0 aromatic heterocycles. The van der Waals surface area contributed by atoms with E-state index in [9.17, 15) is 43.2 Å². The Morgan fingerprint density at radius 1 is 0.276 bits per heavy atom. The van der Waals surface area contributed by atoms with Gasteiger partial charge in [-0.1, -0.05) is 357 Å². The van der Waals surface area contributed by atoms with E-state index >= 15 is 0 Å². The maximum absolute atomic E-state index is 13.1. The minimum atomic E-state index is -4.96. The number of hydrogen-bond donors (Lipinski definition) is 3. The molecule has 5 atom stereocenters. The third kappa shape index (κ3) is 72.4. The summed E-state index contributed by atoms with van der Waals surface area (Å²) < 4.78 is 68.7. The molecule has 0 bridgehead atoms. The highest BCUT2D eigenvalue weighted by Crippen LogP contribution is 2.45. The summed E-state index contributed by atoms with van der Waals surface area (Å²) in [5.41, 5.74) is 0. The van der Waals surface area contributed by atoms with E-state index in [1.807, 2.05) is 0 Å². The second-order valence-electron chi connectivity index (χ2n) is 29.9. The van der Waals surface area contributed by atoms with Gasteiger partial charge >= 0.3 is 39.5 Å². The van der Waals surface area contributed by atoms with Crippen LogP contribution in [0.2, 0.25) is 0 Å². The summed E-state index contributed by atoms with van der Waals surface area (Å²) in [5.74, 6) is 0.222. The highest BCUT2D eigenvalue weighted by atomic mass is 31.2. The van der Waals surface area contributed by atoms with E-state index in [1.165, 1.54) is 218 Å². The summed E-state index contributed by atoms with van der Waals surface area (Å²) in [5, 5.41) is 10.6. The van der Waals surface area contributed by atoms with Crippen LogP contribution in [0.5, 0.6) is 0 Å². The first-order valence-corrected chi connectivity index (χ1v) is 43.8. The molecular formula is C79H154O17P2. The Kier molecular flexibility index (Phi) is 68.1. The van der Waals surface area contributed by atoms with Crippen LogP contribution in [0.1, 0.15) is 408 Å². The number of phosphoric acid groups is 2. The van der Waals surface area contributed by atoms with Crippen molar-refractivity contribution in [1.82, 2.24) is 0 Å². The molecule has 0 aromatic rings. The zero-order valence-electron chi connectivity index (χ0n) is 64.3. The normalized spacial score (nSPS) is 14.0. The fourth-order valence-electron chi connectivity index (χ4n) is 12.1. The number of unbranched alkanes of at least 4 members (excludes halogenated alkanes) is 45. The predicted octanol–water partition coefficient (Wildman–Crippen LogP) is 23.4. The van der Waals surface area contributed by atoms with Crippen molar-refractivity contribution in [2.45, 2.75) is 426 Å². The van der Waals surface area contributed by atoms with E-state index < -0.39 is 97.5 Å². The lowest BCUT2D eigenvalue weighted by Gasteiger charge is -2.21. The van der Waals surface area contributed by atoms with Gasteiger partial charge in [0.05, 0.1) is 26.4 Å². The lowest BCUT2D eigenvalue weighted by molar-refractivity contribution is -0.161. The molecule has 0 aliphatic carbocycles. The van der Waals surface area contributed by atoms with Crippen molar-refractivity contribution in [1.29, 1.82) is 0 Å². The largest absolute Gasteiger partial charge is 0.472 e. The monoisotopic (exact) mass is 1440 g/mol. The molecule has 0 aliphatic heterocycles. The number of phosphoric ester groups is 2. The van der Waals surface area contributed by atoms with E-state index in [-0.39, 0.29) is 25.7 Å². The molecule has 0 radical (unpaired) electrons. The highest BCUT2D eigenvalue weighted by molar-refractivity contribution is 7.47. The molecule has 98 heavy (non-hydrogen) atoms. The van der Waals surface area contributed by atoms with Crippen LogP contribution in [0.3, 0.4) is 0 Å². The Labute approximate surface area is 600 Å². The molecule has 0 rings (SSSR count). The Balaban J connectivity index is 5.28. The van der Waals surface area contributed by atoms with Gasteiger partial charge < -0.3 is 33.8 Å². The second-order valence-corrected chi connectivity index (χ2v) is 32.8. The van der Waals surface area contributed by atoms with Crippen LogP contribution >= 0.6 is 15.6 Å². The summed E-state index contributed by atoms with van der Waals surface area (Å²) in [6.07, 6.45) is 56.7. The van der Waals surface area contributed by atoms with Gasteiger partial charge in [-0.2, -0.15) is 0 Å². The summed E-state index contributed by atoms with van der Waals surface area (Å²) in [6.45, 7) is 12.0. The third-order valence-electron chi connectivity index (χ3n) is 18.4. The molecule has 0 saturated carbocycles. The van der Waals surface area contributed by atoms with Crippen LogP contribution in [0, 0.1) is 17.8 Å². The van der Waals surface area contributed by atoms with Gasteiger partial charge in [0, 0.05) is 25.7 Å². The molecule has 582 valence electrons. The fraction of sp³-hybridized carbons (Fsp3) is 0.949. The second kappa shape index (κ2) is 69.4. The predicted molar refractivity (Wildman–Crippen MR) is 400 cm³/mol. The molecule has 17 nitrogen and oxygen atoms in total. The number of ether oxygens (including phenoxy) is 4. The summed E-state index contributed by atoms with van der Waals surface area (Å²) in [4.78, 5) is 73.0. The van der Waals surface area contributed by atoms with Gasteiger partial charge in [0.2, 0.25) is 0 Å². The van der Waals surface area contributed by atoms with Crippen LogP contribution in [-0.2, 0) is 65.4 Å². The molecule has 0 amide bonds. The molecule has 0 saturated heterocycles. The number of carbonyl (C=O) groups is 4. The maximum Gasteiger partial charge on any atom is 0.472 e. The van der Waals surface area contributed by atoms with Gasteiger partial charge in [-0.05, 0) is 43.4 Å². The molecule has 3 N–H and O–H groups in total. The Bertz CT molecular complexity index is 1900. The first-order valence-electron chi connectivity index (χ1n) is 40.8. The van der Waals surface area contributed by atoms with Crippen molar-refractivity contribution in [3.63, 3.8) is 0 Å². The van der Waals surface area contributed by atoms with Crippen molar-refractivity contribution < 1.29 is 80.2 Å². The Morgan fingerprint density at radius 2 is 0.469 bits per heavy atom. The van der Waals surface area contributed by atoms with Crippen molar-refractivity contribution >= 4 is 39.5 Å². The molecule has 2 unspecified atom stereocenters. The molecule has 19 heteroatoms. The van der Waals surface area contributed by atoms with Crippen LogP contribution in [0.4, 0.5) is 0 Å². The Hall–Kier alpha value is -1.94. The van der Waals surface area contributed by atoms with Crippen LogP contribution in [0.15, 0.2) is 0 Å².